The average molecular weight is 503 g/mol. The molecule has 2 aromatic rings. The number of fused-ring (bicyclic) bond motifs is 1. The van der Waals surface area contributed by atoms with Gasteiger partial charge in [-0.2, -0.15) is 18.2 Å². The molecule has 0 aliphatic carbocycles. The van der Waals surface area contributed by atoms with E-state index in [-0.39, 0.29) is 28.8 Å². The van der Waals surface area contributed by atoms with Gasteiger partial charge < -0.3 is 4.90 Å². The zero-order valence-electron chi connectivity index (χ0n) is 16.8. The molecule has 2 aliphatic heterocycles. The Labute approximate surface area is 192 Å². The van der Waals surface area contributed by atoms with Gasteiger partial charge in [-0.15, -0.1) is 0 Å². The van der Waals surface area contributed by atoms with E-state index < -0.39 is 43.8 Å². The number of carbonyl (C=O) groups excluding carboxylic acids is 1. The Hall–Kier alpha value is -2.04. The van der Waals surface area contributed by atoms with Crippen molar-refractivity contribution < 1.29 is 26.4 Å². The van der Waals surface area contributed by atoms with Gasteiger partial charge in [-0.05, 0) is 30.7 Å². The summed E-state index contributed by atoms with van der Waals surface area (Å²) in [5, 5.41) is -0.684. The van der Waals surface area contributed by atoms with Crippen molar-refractivity contribution in [2.24, 2.45) is 4.99 Å². The first-order valence-electron chi connectivity index (χ1n) is 9.63. The first-order valence-corrected chi connectivity index (χ1v) is 12.7. The third-order valence-corrected chi connectivity index (χ3v) is 8.84. The number of halogens is 4. The van der Waals surface area contributed by atoms with Crippen molar-refractivity contribution in [2.45, 2.75) is 30.8 Å². The van der Waals surface area contributed by atoms with Gasteiger partial charge in [-0.3, -0.25) is 4.79 Å². The van der Waals surface area contributed by atoms with Crippen molar-refractivity contribution in [1.82, 2.24) is 0 Å². The summed E-state index contributed by atoms with van der Waals surface area (Å²) in [6.45, 7) is 1.92. The molecule has 11 heteroatoms. The van der Waals surface area contributed by atoms with Crippen molar-refractivity contribution in [2.75, 3.05) is 16.4 Å². The molecule has 1 amide bonds. The summed E-state index contributed by atoms with van der Waals surface area (Å²) in [5.74, 6) is -0.807. The van der Waals surface area contributed by atoms with E-state index in [1.807, 2.05) is 31.2 Å². The Kier molecular flexibility index (Phi) is 6.06. The van der Waals surface area contributed by atoms with Crippen LogP contribution in [0.3, 0.4) is 0 Å². The topological polar surface area (TPSA) is 66.8 Å². The molecule has 0 spiro atoms. The Morgan fingerprint density at radius 1 is 1.19 bits per heavy atom. The smallest absolute Gasteiger partial charge is 0.316 e. The molecule has 0 radical (unpaired) electrons. The summed E-state index contributed by atoms with van der Waals surface area (Å²) < 4.78 is 64.5. The third-order valence-electron chi connectivity index (χ3n) is 5.30. The summed E-state index contributed by atoms with van der Waals surface area (Å²) >= 11 is 6.85. The number of hydrogen-bond donors (Lipinski definition) is 0. The molecular weight excluding hydrogens is 485 g/mol. The maximum Gasteiger partial charge on any atom is 0.417 e. The molecule has 0 aromatic heterocycles. The summed E-state index contributed by atoms with van der Waals surface area (Å²) in [6.07, 6.45) is -4.65. The molecule has 2 atom stereocenters. The Bertz CT molecular complexity index is 1200. The van der Waals surface area contributed by atoms with Crippen LogP contribution in [0.1, 0.15) is 16.7 Å². The molecule has 2 heterocycles. The number of aryl methyl sites for hydroxylation is 1. The average Bonchev–Trinajstić information content (AvgIpc) is 3.14. The van der Waals surface area contributed by atoms with Crippen LogP contribution in [0.15, 0.2) is 47.5 Å². The lowest BCUT2D eigenvalue weighted by atomic mass is 10.1. The van der Waals surface area contributed by atoms with Gasteiger partial charge in [0.2, 0.25) is 0 Å². The lowest BCUT2D eigenvalue weighted by Gasteiger charge is -2.25. The van der Waals surface area contributed by atoms with Gasteiger partial charge in [0, 0.05) is 10.9 Å². The summed E-state index contributed by atoms with van der Waals surface area (Å²) in [5.41, 5.74) is 0.868. The fraction of sp³-hybridized carbons (Fsp3) is 0.333. The predicted molar refractivity (Wildman–Crippen MR) is 120 cm³/mol. The lowest BCUT2D eigenvalue weighted by Crippen LogP contribution is -2.38. The number of thioether (sulfide) groups is 1. The normalized spacial score (nSPS) is 23.5. The number of benzene rings is 2. The Morgan fingerprint density at radius 2 is 1.88 bits per heavy atom. The molecule has 0 N–H and O–H groups in total. The van der Waals surface area contributed by atoms with E-state index in [0.717, 1.165) is 35.0 Å². The number of alkyl halides is 3. The molecule has 0 bridgehead atoms. The van der Waals surface area contributed by atoms with E-state index in [1.54, 1.807) is 0 Å². The first kappa shape index (κ1) is 23.1. The van der Waals surface area contributed by atoms with E-state index in [2.05, 4.69) is 4.99 Å². The van der Waals surface area contributed by atoms with Crippen molar-refractivity contribution in [3.05, 3.63) is 64.2 Å². The number of aliphatic imine (C=N–C) groups is 1. The molecule has 0 saturated carbocycles. The van der Waals surface area contributed by atoms with Gasteiger partial charge in [0.05, 0.1) is 34.6 Å². The second-order valence-corrected chi connectivity index (χ2v) is 11.6. The van der Waals surface area contributed by atoms with Crippen LogP contribution in [0, 0.1) is 6.92 Å². The van der Waals surface area contributed by atoms with Gasteiger partial charge >= 0.3 is 6.18 Å². The minimum absolute atomic E-state index is 0.0280. The van der Waals surface area contributed by atoms with Crippen molar-refractivity contribution in [3.63, 3.8) is 0 Å². The van der Waals surface area contributed by atoms with Crippen molar-refractivity contribution in [3.8, 4) is 0 Å². The van der Waals surface area contributed by atoms with Crippen molar-refractivity contribution >= 4 is 50.0 Å². The second kappa shape index (κ2) is 8.39. The number of amides is 1. The number of anilines is 1. The quantitative estimate of drug-likeness (QED) is 0.617. The van der Waals surface area contributed by atoms with E-state index in [4.69, 9.17) is 11.6 Å². The first-order chi connectivity index (χ1) is 14.9. The standard InChI is InChI=1S/C21H18ClF3N2O3S2/c1-12-2-4-13(5-3-12)8-19(28)26-20-27(17-10-32(29,30)11-18(17)31-20)14-6-7-16(22)15(9-14)21(23,24)25/h2-7,9,17-18H,8,10-11H2,1H3/t17-,18+/m1/s1. The largest absolute Gasteiger partial charge is 0.417 e. The second-order valence-electron chi connectivity index (χ2n) is 7.78. The van der Waals surface area contributed by atoms with E-state index in [1.165, 1.54) is 11.0 Å². The van der Waals surface area contributed by atoms with Crippen LogP contribution >= 0.6 is 23.4 Å². The summed E-state index contributed by atoms with van der Waals surface area (Å²) in [4.78, 5) is 18.2. The molecule has 2 aromatic carbocycles. The molecule has 32 heavy (non-hydrogen) atoms. The fourth-order valence-electron chi connectivity index (χ4n) is 3.77. The van der Waals surface area contributed by atoms with Gasteiger partial charge in [0.25, 0.3) is 5.91 Å². The van der Waals surface area contributed by atoms with Crippen LogP contribution < -0.4 is 4.90 Å². The van der Waals surface area contributed by atoms with E-state index in [9.17, 15) is 26.4 Å². The maximum atomic E-state index is 13.4. The van der Waals surface area contributed by atoms with Crippen LogP contribution in [0.5, 0.6) is 0 Å². The minimum atomic E-state index is -4.68. The van der Waals surface area contributed by atoms with Gasteiger partial charge in [-0.1, -0.05) is 53.2 Å². The van der Waals surface area contributed by atoms with Crippen LogP contribution in [0.2, 0.25) is 5.02 Å². The third kappa shape index (κ3) is 4.82. The van der Waals surface area contributed by atoms with Crippen LogP contribution in [-0.2, 0) is 27.2 Å². The zero-order valence-corrected chi connectivity index (χ0v) is 19.2. The summed E-state index contributed by atoms with van der Waals surface area (Å²) in [6, 6.07) is 10.1. The number of nitrogens with zero attached hydrogens (tertiary/aromatic N) is 2. The summed E-state index contributed by atoms with van der Waals surface area (Å²) in [7, 11) is -3.35. The minimum Gasteiger partial charge on any atom is -0.316 e. The van der Waals surface area contributed by atoms with Crippen LogP contribution in [0.25, 0.3) is 0 Å². The lowest BCUT2D eigenvalue weighted by molar-refractivity contribution is -0.137. The molecule has 5 nitrogen and oxygen atoms in total. The Morgan fingerprint density at radius 3 is 2.53 bits per heavy atom. The fourth-order valence-corrected chi connectivity index (χ4v) is 7.93. The number of amidine groups is 1. The molecule has 170 valence electrons. The molecule has 2 saturated heterocycles. The highest BCUT2D eigenvalue weighted by molar-refractivity contribution is 8.16. The zero-order chi connectivity index (χ0) is 23.3. The highest BCUT2D eigenvalue weighted by Gasteiger charge is 2.49. The Balaban J connectivity index is 1.70. The highest BCUT2D eigenvalue weighted by atomic mass is 35.5. The number of rotatable bonds is 3. The molecule has 0 unspecified atom stereocenters. The van der Waals surface area contributed by atoms with E-state index >= 15 is 0 Å². The number of carbonyl (C=O) groups is 1. The van der Waals surface area contributed by atoms with E-state index in [0.29, 0.717) is 0 Å². The van der Waals surface area contributed by atoms with Gasteiger partial charge in [0.1, 0.15) is 0 Å². The van der Waals surface area contributed by atoms with Gasteiger partial charge in [-0.25, -0.2) is 8.42 Å². The SMILES string of the molecule is Cc1ccc(CC(=O)N=C2S[C@H]3CS(=O)(=O)C[C@H]3N2c2ccc(Cl)c(C(F)(F)F)c2)cc1. The van der Waals surface area contributed by atoms with Crippen molar-refractivity contribution in [1.29, 1.82) is 0 Å². The predicted octanol–water partition coefficient (Wildman–Crippen LogP) is 4.51. The maximum absolute atomic E-state index is 13.4. The highest BCUT2D eigenvalue weighted by Crippen LogP contribution is 2.43. The monoisotopic (exact) mass is 502 g/mol. The van der Waals surface area contributed by atoms with Crippen LogP contribution in [-0.4, -0.2) is 42.3 Å². The molecule has 4 rings (SSSR count). The van der Waals surface area contributed by atoms with Gasteiger partial charge in [0.15, 0.2) is 15.0 Å². The van der Waals surface area contributed by atoms with Crippen LogP contribution in [0.4, 0.5) is 18.9 Å². The molecular formula is C21H18ClF3N2O3S2. The molecule has 2 fully saturated rings. The number of sulfone groups is 1. The molecule has 2 aliphatic rings. The number of hydrogen-bond acceptors (Lipinski definition) is 4.